The van der Waals surface area contributed by atoms with Crippen LogP contribution in [0.3, 0.4) is 0 Å². The van der Waals surface area contributed by atoms with Gasteiger partial charge in [0.1, 0.15) is 0 Å². The molecular weight excluding hydrogens is 413 g/mol. The molecule has 0 fully saturated rings. The van der Waals surface area contributed by atoms with Gasteiger partial charge in [-0.15, -0.1) is 12.4 Å². The molecule has 1 N–H and O–H groups in total. The fourth-order valence-corrected chi connectivity index (χ4v) is 3.09. The third-order valence-corrected chi connectivity index (χ3v) is 4.21. The van der Waals surface area contributed by atoms with E-state index in [1.54, 1.807) is 14.2 Å². The van der Waals surface area contributed by atoms with Crippen molar-refractivity contribution in [3.8, 4) is 11.5 Å². The molecule has 0 aliphatic rings. The molecule has 3 nitrogen and oxygen atoms in total. The van der Waals surface area contributed by atoms with Crippen molar-refractivity contribution < 1.29 is 9.47 Å². The molecule has 0 radical (unpaired) electrons. The average molecular weight is 434 g/mol. The second kappa shape index (κ2) is 9.22. The molecule has 2 rings (SSSR count). The molecule has 120 valence electrons. The molecule has 1 atom stereocenters. The van der Waals surface area contributed by atoms with Gasteiger partial charge in [-0.25, -0.2) is 0 Å². The van der Waals surface area contributed by atoms with Gasteiger partial charge in [0, 0.05) is 12.6 Å². The fourth-order valence-electron chi connectivity index (χ4n) is 2.20. The Morgan fingerprint density at radius 1 is 1.09 bits per heavy atom. The zero-order chi connectivity index (χ0) is 15.2. The molecule has 0 spiro atoms. The molecule has 2 aromatic rings. The van der Waals surface area contributed by atoms with E-state index in [9.17, 15) is 0 Å². The Hall–Kier alpha value is -0.980. The van der Waals surface area contributed by atoms with Gasteiger partial charge in [0.2, 0.25) is 0 Å². The largest absolute Gasteiger partial charge is 0.493 e. The standard InChI is InChI=1S/C17H20INO2.ClH/c1-12(14-7-5-4-6-8-14)19-11-13-9-15(18)17(21-3)16(10-13)20-2;/h4-10,12,19H,11H2,1-3H3;1H. The van der Waals surface area contributed by atoms with Crippen LogP contribution in [-0.2, 0) is 6.54 Å². The number of hydrogen-bond acceptors (Lipinski definition) is 3. The number of ether oxygens (including phenoxy) is 2. The summed E-state index contributed by atoms with van der Waals surface area (Å²) < 4.78 is 11.8. The number of hydrogen-bond donors (Lipinski definition) is 1. The van der Waals surface area contributed by atoms with Crippen LogP contribution < -0.4 is 14.8 Å². The normalized spacial score (nSPS) is 11.5. The van der Waals surface area contributed by atoms with E-state index in [0.717, 1.165) is 21.6 Å². The van der Waals surface area contributed by atoms with Crippen molar-refractivity contribution >= 4 is 35.0 Å². The number of rotatable bonds is 6. The lowest BCUT2D eigenvalue weighted by Gasteiger charge is -2.16. The molecule has 0 amide bonds. The van der Waals surface area contributed by atoms with Crippen molar-refractivity contribution in [3.63, 3.8) is 0 Å². The number of methoxy groups -OCH3 is 2. The monoisotopic (exact) mass is 433 g/mol. The van der Waals surface area contributed by atoms with Crippen LogP contribution in [0.4, 0.5) is 0 Å². The summed E-state index contributed by atoms with van der Waals surface area (Å²) in [7, 11) is 3.33. The zero-order valence-electron chi connectivity index (χ0n) is 12.9. The van der Waals surface area contributed by atoms with Crippen molar-refractivity contribution in [1.29, 1.82) is 0 Å². The minimum Gasteiger partial charge on any atom is -0.493 e. The molecule has 0 heterocycles. The summed E-state index contributed by atoms with van der Waals surface area (Å²) in [5, 5.41) is 3.53. The van der Waals surface area contributed by atoms with E-state index in [1.165, 1.54) is 11.1 Å². The second-order valence-electron chi connectivity index (χ2n) is 4.83. The smallest absolute Gasteiger partial charge is 0.174 e. The molecule has 22 heavy (non-hydrogen) atoms. The summed E-state index contributed by atoms with van der Waals surface area (Å²) in [6.45, 7) is 2.95. The van der Waals surface area contributed by atoms with Gasteiger partial charge in [-0.1, -0.05) is 30.3 Å². The first kappa shape index (κ1) is 19.1. The number of nitrogens with one attached hydrogen (secondary N) is 1. The van der Waals surface area contributed by atoms with E-state index < -0.39 is 0 Å². The lowest BCUT2D eigenvalue weighted by Crippen LogP contribution is -2.18. The van der Waals surface area contributed by atoms with Crippen LogP contribution in [0.5, 0.6) is 11.5 Å². The first-order valence-electron chi connectivity index (χ1n) is 6.84. The topological polar surface area (TPSA) is 30.5 Å². The molecule has 0 aliphatic heterocycles. The van der Waals surface area contributed by atoms with Crippen LogP contribution in [0, 0.1) is 3.57 Å². The fraction of sp³-hybridized carbons (Fsp3) is 0.294. The van der Waals surface area contributed by atoms with Crippen molar-refractivity contribution in [2.75, 3.05) is 14.2 Å². The third kappa shape index (κ3) is 4.76. The van der Waals surface area contributed by atoms with E-state index in [4.69, 9.17) is 9.47 Å². The lowest BCUT2D eigenvalue weighted by molar-refractivity contribution is 0.352. The molecule has 0 aromatic heterocycles. The predicted octanol–water partition coefficient (Wildman–Crippen LogP) is 4.58. The minimum atomic E-state index is 0. The first-order chi connectivity index (χ1) is 10.2. The molecule has 0 saturated heterocycles. The third-order valence-electron chi connectivity index (χ3n) is 3.41. The maximum absolute atomic E-state index is 5.39. The van der Waals surface area contributed by atoms with E-state index in [1.807, 2.05) is 12.1 Å². The average Bonchev–Trinajstić information content (AvgIpc) is 2.52. The van der Waals surface area contributed by atoms with Gasteiger partial charge >= 0.3 is 0 Å². The Balaban J connectivity index is 0.00000242. The summed E-state index contributed by atoms with van der Waals surface area (Å²) in [5.74, 6) is 1.56. The summed E-state index contributed by atoms with van der Waals surface area (Å²) in [5.41, 5.74) is 2.47. The van der Waals surface area contributed by atoms with Crippen molar-refractivity contribution in [2.45, 2.75) is 19.5 Å². The molecule has 1 unspecified atom stereocenters. The Morgan fingerprint density at radius 3 is 2.36 bits per heavy atom. The second-order valence-corrected chi connectivity index (χ2v) is 5.99. The van der Waals surface area contributed by atoms with Crippen molar-refractivity contribution in [2.24, 2.45) is 0 Å². The molecule has 2 aromatic carbocycles. The van der Waals surface area contributed by atoms with Gasteiger partial charge in [-0.05, 0) is 52.8 Å². The van der Waals surface area contributed by atoms with Crippen LogP contribution in [0.2, 0.25) is 0 Å². The lowest BCUT2D eigenvalue weighted by atomic mass is 10.1. The Labute approximate surface area is 152 Å². The van der Waals surface area contributed by atoms with Gasteiger partial charge in [-0.3, -0.25) is 0 Å². The number of benzene rings is 2. The highest BCUT2D eigenvalue weighted by Gasteiger charge is 2.11. The van der Waals surface area contributed by atoms with E-state index in [0.29, 0.717) is 6.04 Å². The maximum atomic E-state index is 5.39. The van der Waals surface area contributed by atoms with Gasteiger partial charge in [0.05, 0.1) is 17.8 Å². The van der Waals surface area contributed by atoms with Gasteiger partial charge in [0.25, 0.3) is 0 Å². The summed E-state index contributed by atoms with van der Waals surface area (Å²) >= 11 is 2.27. The van der Waals surface area contributed by atoms with Crippen LogP contribution in [0.1, 0.15) is 24.1 Å². The Bertz CT molecular complexity index is 593. The van der Waals surface area contributed by atoms with Crippen molar-refractivity contribution in [3.05, 3.63) is 57.2 Å². The highest BCUT2D eigenvalue weighted by molar-refractivity contribution is 14.1. The van der Waals surface area contributed by atoms with Gasteiger partial charge in [-0.2, -0.15) is 0 Å². The van der Waals surface area contributed by atoms with Crippen LogP contribution in [0.25, 0.3) is 0 Å². The Kier molecular flexibility index (Phi) is 8.00. The first-order valence-corrected chi connectivity index (χ1v) is 7.92. The molecule has 0 saturated carbocycles. The van der Waals surface area contributed by atoms with Crippen LogP contribution in [0.15, 0.2) is 42.5 Å². The summed E-state index contributed by atoms with van der Waals surface area (Å²) in [6.07, 6.45) is 0. The molecule has 0 aliphatic carbocycles. The van der Waals surface area contributed by atoms with Gasteiger partial charge in [0.15, 0.2) is 11.5 Å². The molecule has 0 bridgehead atoms. The molecule has 5 heteroatoms. The van der Waals surface area contributed by atoms with Crippen LogP contribution >= 0.6 is 35.0 Å². The highest BCUT2D eigenvalue weighted by Crippen LogP contribution is 2.33. The number of halogens is 2. The quantitative estimate of drug-likeness (QED) is 0.676. The highest BCUT2D eigenvalue weighted by atomic mass is 127. The van der Waals surface area contributed by atoms with Crippen LogP contribution in [-0.4, -0.2) is 14.2 Å². The summed E-state index contributed by atoms with van der Waals surface area (Å²) in [6, 6.07) is 14.9. The van der Waals surface area contributed by atoms with E-state index in [-0.39, 0.29) is 12.4 Å². The molecular formula is C17H21ClINO2. The summed E-state index contributed by atoms with van der Waals surface area (Å²) in [4.78, 5) is 0. The van der Waals surface area contributed by atoms with Gasteiger partial charge < -0.3 is 14.8 Å². The Morgan fingerprint density at radius 2 is 1.77 bits per heavy atom. The maximum Gasteiger partial charge on any atom is 0.174 e. The SMILES string of the molecule is COc1cc(CNC(C)c2ccccc2)cc(I)c1OC.Cl. The predicted molar refractivity (Wildman–Crippen MR) is 101 cm³/mol. The van der Waals surface area contributed by atoms with E-state index >= 15 is 0 Å². The van der Waals surface area contributed by atoms with E-state index in [2.05, 4.69) is 65.2 Å². The minimum absolute atomic E-state index is 0. The zero-order valence-corrected chi connectivity index (χ0v) is 15.9. The van der Waals surface area contributed by atoms with Crippen molar-refractivity contribution in [1.82, 2.24) is 5.32 Å².